The van der Waals surface area contributed by atoms with Crippen LogP contribution in [-0.2, 0) is 42.9 Å². The summed E-state index contributed by atoms with van der Waals surface area (Å²) in [6.07, 6.45) is 0.0296. The molecule has 0 heterocycles. The number of carbonyl (C=O) groups is 4. The molecule has 0 aliphatic carbocycles. The summed E-state index contributed by atoms with van der Waals surface area (Å²) < 4.78 is 22.4. The van der Waals surface area contributed by atoms with Crippen LogP contribution >= 0.6 is 0 Å². The van der Waals surface area contributed by atoms with Crippen molar-refractivity contribution < 1.29 is 63.3 Å². The van der Waals surface area contributed by atoms with Crippen LogP contribution in [0.25, 0.3) is 0 Å². The highest BCUT2D eigenvalue weighted by molar-refractivity contribution is 5.88. The molecule has 0 rings (SSSR count). The first-order chi connectivity index (χ1) is 18.1. The number of ether oxygens (including phenoxy) is 5. The predicted octanol–water partition coefficient (Wildman–Crippen LogP) is 7.46. The topological polar surface area (TPSA) is 195 Å². The van der Waals surface area contributed by atoms with Crippen molar-refractivity contribution in [2.45, 2.75) is 121 Å². The Balaban J connectivity index is -0.0000000262. The zero-order valence-corrected chi connectivity index (χ0v) is 23.5. The van der Waals surface area contributed by atoms with Gasteiger partial charge < -0.3 is 44.1 Å². The van der Waals surface area contributed by atoms with Gasteiger partial charge in [-0.25, -0.2) is 19.2 Å². The van der Waals surface area contributed by atoms with Gasteiger partial charge in [-0.2, -0.15) is 0 Å². The van der Waals surface area contributed by atoms with E-state index in [1.165, 1.54) is 6.92 Å². The van der Waals surface area contributed by atoms with Gasteiger partial charge in [0.15, 0.2) is 6.79 Å². The molecule has 4 N–H and O–H groups in total. The molecule has 0 radical (unpaired) electrons. The third kappa shape index (κ3) is 76.2. The van der Waals surface area contributed by atoms with Crippen LogP contribution in [0.15, 0.2) is 48.6 Å². The fourth-order valence-corrected chi connectivity index (χ4v) is 1.24. The zero-order chi connectivity index (χ0) is 31.4. The molecule has 49 heavy (non-hydrogen) atoms. The van der Waals surface area contributed by atoms with Gasteiger partial charge in [0.05, 0.1) is 19.3 Å². The number of aliphatic hydroxyl groups is 4. The molecule has 0 aromatic heterocycles. The highest BCUT2D eigenvalue weighted by Gasteiger charge is 2.06. The second-order valence-electron chi connectivity index (χ2n) is 7.38. The minimum absolute atomic E-state index is 0. The van der Waals surface area contributed by atoms with Crippen molar-refractivity contribution in [1.82, 2.24) is 0 Å². The van der Waals surface area contributed by atoms with Crippen LogP contribution in [0, 0.1) is 0 Å². The molecule has 0 fully saturated rings. The van der Waals surface area contributed by atoms with Crippen molar-refractivity contribution in [3.8, 4) is 0 Å². The molecule has 306 valence electrons. The lowest BCUT2D eigenvalue weighted by molar-refractivity contribution is -0.147. The second-order valence-corrected chi connectivity index (χ2v) is 7.38. The molecule has 13 nitrogen and oxygen atoms in total. The van der Waals surface area contributed by atoms with Gasteiger partial charge >= 0.3 is 23.9 Å². The maximum Gasteiger partial charge on any atom is 0.335 e. The molecular formula is C36H84O13. The van der Waals surface area contributed by atoms with E-state index in [0.29, 0.717) is 28.7 Å². The fraction of sp³-hybridized carbons (Fsp3) is 0.667. The monoisotopic (exact) mass is 725 g/mol. The van der Waals surface area contributed by atoms with Gasteiger partial charge in [0.25, 0.3) is 0 Å². The maximum atomic E-state index is 10.7. The molecule has 0 saturated heterocycles. The summed E-state index contributed by atoms with van der Waals surface area (Å²) in [6, 6.07) is 0. The first kappa shape index (κ1) is 90.8. The molecule has 0 aliphatic heterocycles. The van der Waals surface area contributed by atoms with Crippen molar-refractivity contribution in [2.75, 3.05) is 46.6 Å². The Bertz CT molecular complexity index is 777. The van der Waals surface area contributed by atoms with E-state index in [9.17, 15) is 19.2 Å². The molecule has 0 aliphatic rings. The van der Waals surface area contributed by atoms with E-state index in [1.807, 2.05) is 6.92 Å². The van der Waals surface area contributed by atoms with Crippen LogP contribution in [0.1, 0.15) is 115 Å². The lowest BCUT2D eigenvalue weighted by atomic mass is 10.3. The molecule has 0 spiro atoms. The third-order valence-corrected chi connectivity index (χ3v) is 3.34. The Morgan fingerprint density at radius 3 is 1.06 bits per heavy atom. The van der Waals surface area contributed by atoms with E-state index >= 15 is 0 Å². The van der Waals surface area contributed by atoms with Crippen molar-refractivity contribution in [1.29, 1.82) is 0 Å². The largest absolute Gasteiger partial charge is 0.460 e. The number of hydrogen-bond donors (Lipinski definition) is 4. The minimum Gasteiger partial charge on any atom is -0.460 e. The van der Waals surface area contributed by atoms with Crippen LogP contribution in [0.5, 0.6) is 0 Å². The fourth-order valence-electron chi connectivity index (χ4n) is 1.24. The molecular weight excluding hydrogens is 640 g/mol. The summed E-state index contributed by atoms with van der Waals surface area (Å²) in [5, 5.41) is 33.3. The van der Waals surface area contributed by atoms with E-state index < -0.39 is 36.8 Å². The Hall–Kier alpha value is -3.36. The molecule has 1 atom stereocenters. The Kier molecular flexibility index (Phi) is 117. The Labute approximate surface area is 303 Å². The average Bonchev–Trinajstić information content (AvgIpc) is 2.88. The zero-order valence-electron chi connectivity index (χ0n) is 23.5. The van der Waals surface area contributed by atoms with Crippen molar-refractivity contribution in [3.05, 3.63) is 48.6 Å². The van der Waals surface area contributed by atoms with Gasteiger partial charge in [-0.1, -0.05) is 108 Å². The van der Waals surface area contributed by atoms with Crippen molar-refractivity contribution in [2.24, 2.45) is 0 Å². The van der Waals surface area contributed by atoms with Crippen molar-refractivity contribution in [3.63, 3.8) is 0 Å². The molecule has 0 saturated carbocycles. The van der Waals surface area contributed by atoms with Gasteiger partial charge in [0, 0.05) is 22.3 Å². The SMILES string of the molecule is C.C.C.C.C.C.C.C.C.C.C=C(C)C(=O)OCC(O)CC.C=C(C)C(=O)OCCO.C=C(C)C(=O)OCCOCO.C=C(C)C(=O)OCO. The number of carbonyl (C=O) groups excluding carboxylic acids is 4. The minimum atomic E-state index is -0.578. The maximum absolute atomic E-state index is 10.7. The molecule has 0 amide bonds. The quantitative estimate of drug-likeness (QED) is 0.0453. The number of rotatable bonds is 14. The van der Waals surface area contributed by atoms with Gasteiger partial charge in [-0.15, -0.1) is 0 Å². The third-order valence-electron chi connectivity index (χ3n) is 3.34. The Morgan fingerprint density at radius 1 is 0.510 bits per heavy atom. The lowest BCUT2D eigenvalue weighted by Gasteiger charge is -2.07. The highest BCUT2D eigenvalue weighted by atomic mass is 16.6. The van der Waals surface area contributed by atoms with E-state index in [0.717, 1.165) is 0 Å². The first-order valence-corrected chi connectivity index (χ1v) is 11.5. The van der Waals surface area contributed by atoms with E-state index in [1.54, 1.807) is 20.8 Å². The Morgan fingerprint density at radius 2 is 0.816 bits per heavy atom. The molecule has 0 bridgehead atoms. The average molecular weight is 725 g/mol. The summed E-state index contributed by atoms with van der Waals surface area (Å²) >= 11 is 0. The number of aliphatic hydroxyl groups excluding tert-OH is 4. The van der Waals surface area contributed by atoms with Gasteiger partial charge in [0.2, 0.25) is 0 Å². The summed E-state index contributed by atoms with van der Waals surface area (Å²) in [5.74, 6) is -1.90. The van der Waals surface area contributed by atoms with Crippen LogP contribution in [0.4, 0.5) is 0 Å². The smallest absolute Gasteiger partial charge is 0.335 e. The summed E-state index contributed by atoms with van der Waals surface area (Å²) in [5.41, 5.74) is 1.35. The normalized spacial score (nSPS) is 7.78. The van der Waals surface area contributed by atoms with E-state index in [-0.39, 0.29) is 114 Å². The first-order valence-electron chi connectivity index (χ1n) is 11.5. The summed E-state index contributed by atoms with van der Waals surface area (Å²) in [7, 11) is 0. The lowest BCUT2D eigenvalue weighted by Crippen LogP contribution is -2.17. The van der Waals surface area contributed by atoms with Gasteiger partial charge in [-0.05, 0) is 34.1 Å². The standard InChI is InChI=1S/C8H14O3.C7H12O4.C6H10O3.C5H8O3.10CH4/c1-4-7(9)5-11-8(10)6(2)3;1-6(2)7(9)11-4-3-10-5-8;1-5(2)6(8)9-4-3-7;1-4(2)5(7)8-3-6;;;;;;;;;;/h7,9H,2,4-5H2,1,3H3;8H,1,3-5H2,2H3;7H,1,3-4H2,2H3;6H,1,3H2,2H3;10*1H4. The molecule has 1 unspecified atom stereocenters. The number of hydrogen-bond acceptors (Lipinski definition) is 13. The summed E-state index contributed by atoms with van der Waals surface area (Å²) in [4.78, 5) is 42.1. The summed E-state index contributed by atoms with van der Waals surface area (Å²) in [6.45, 7) is 20.8. The van der Waals surface area contributed by atoms with Gasteiger partial charge in [-0.3, -0.25) is 0 Å². The van der Waals surface area contributed by atoms with Crippen LogP contribution in [-0.4, -0.2) is 97.0 Å². The second kappa shape index (κ2) is 63.3. The molecule has 13 heteroatoms. The highest BCUT2D eigenvalue weighted by Crippen LogP contribution is 1.96. The molecule has 0 aromatic rings. The van der Waals surface area contributed by atoms with Crippen LogP contribution < -0.4 is 0 Å². The van der Waals surface area contributed by atoms with Gasteiger partial charge in [0.1, 0.15) is 26.6 Å². The van der Waals surface area contributed by atoms with E-state index in [2.05, 4.69) is 50.0 Å². The number of esters is 4. The van der Waals surface area contributed by atoms with E-state index in [4.69, 9.17) is 20.4 Å². The molecule has 0 aromatic carbocycles. The van der Waals surface area contributed by atoms with Crippen LogP contribution in [0.2, 0.25) is 0 Å². The van der Waals surface area contributed by atoms with Crippen LogP contribution in [0.3, 0.4) is 0 Å². The predicted molar refractivity (Wildman–Crippen MR) is 209 cm³/mol. The van der Waals surface area contributed by atoms with Crippen molar-refractivity contribution >= 4 is 23.9 Å².